The molecule has 0 unspecified atom stereocenters. The normalized spacial score (nSPS) is 15.3. The van der Waals surface area contributed by atoms with Crippen LogP contribution in [0, 0.1) is 17.0 Å². The molecular formula is C26H31N5O3. The standard InChI is InChI=1S/C26H31N5O3/c1-3-23(32)18-29-13-15-30(16-14-29)26-24(17-20-9-11-22(12-10-20)31(33)34)19(2)27-25(28-26)21-7-5-4-6-8-21/h4-12,23,32H,3,13-18H2,1-2H3/t23-/m1/s1. The molecule has 1 fully saturated rings. The third kappa shape index (κ3) is 5.58. The van der Waals surface area contributed by atoms with Crippen molar-refractivity contribution in [2.45, 2.75) is 32.8 Å². The number of aliphatic hydroxyl groups excluding tert-OH is 1. The van der Waals surface area contributed by atoms with Gasteiger partial charge in [0.25, 0.3) is 5.69 Å². The Kier molecular flexibility index (Phi) is 7.49. The third-order valence-electron chi connectivity index (χ3n) is 6.36. The molecule has 1 aromatic heterocycles. The van der Waals surface area contributed by atoms with Gasteiger partial charge in [-0.2, -0.15) is 0 Å². The Morgan fingerprint density at radius 3 is 2.32 bits per heavy atom. The fourth-order valence-electron chi connectivity index (χ4n) is 4.27. The van der Waals surface area contributed by atoms with Crippen LogP contribution in [-0.2, 0) is 6.42 Å². The maximum Gasteiger partial charge on any atom is 0.269 e. The number of rotatable bonds is 8. The second-order valence-electron chi connectivity index (χ2n) is 8.75. The zero-order chi connectivity index (χ0) is 24.1. The van der Waals surface area contributed by atoms with Crippen LogP contribution >= 0.6 is 0 Å². The molecule has 2 heterocycles. The summed E-state index contributed by atoms with van der Waals surface area (Å²) in [6.45, 7) is 8.04. The minimum absolute atomic E-state index is 0.0850. The SMILES string of the molecule is CC[C@@H](O)CN1CCN(c2nc(-c3ccccc3)nc(C)c2Cc2ccc([N+](=O)[O-])cc2)CC1. The van der Waals surface area contributed by atoms with Gasteiger partial charge in [-0.3, -0.25) is 15.0 Å². The van der Waals surface area contributed by atoms with Crippen LogP contribution in [0.2, 0.25) is 0 Å². The molecule has 0 bridgehead atoms. The van der Waals surface area contributed by atoms with Gasteiger partial charge in [-0.1, -0.05) is 49.4 Å². The van der Waals surface area contributed by atoms with E-state index in [1.54, 1.807) is 24.3 Å². The number of nitro benzene ring substituents is 1. The van der Waals surface area contributed by atoms with E-state index in [0.29, 0.717) is 18.8 Å². The van der Waals surface area contributed by atoms with Gasteiger partial charge in [-0.25, -0.2) is 9.97 Å². The summed E-state index contributed by atoms with van der Waals surface area (Å²) in [5.41, 5.74) is 3.98. The fourth-order valence-corrected chi connectivity index (χ4v) is 4.27. The number of benzene rings is 2. The molecule has 1 N–H and O–H groups in total. The van der Waals surface area contributed by atoms with Crippen molar-refractivity contribution in [1.82, 2.24) is 14.9 Å². The highest BCUT2D eigenvalue weighted by molar-refractivity contribution is 5.61. The van der Waals surface area contributed by atoms with E-state index >= 15 is 0 Å². The first-order valence-corrected chi connectivity index (χ1v) is 11.8. The van der Waals surface area contributed by atoms with Crippen molar-refractivity contribution < 1.29 is 10.0 Å². The topological polar surface area (TPSA) is 95.6 Å². The molecule has 0 amide bonds. The molecule has 178 valence electrons. The zero-order valence-corrected chi connectivity index (χ0v) is 19.7. The molecule has 0 radical (unpaired) electrons. The molecule has 0 saturated carbocycles. The maximum absolute atomic E-state index is 11.0. The zero-order valence-electron chi connectivity index (χ0n) is 19.7. The number of piperazine rings is 1. The van der Waals surface area contributed by atoms with E-state index < -0.39 is 0 Å². The molecule has 0 aliphatic carbocycles. The summed E-state index contributed by atoms with van der Waals surface area (Å²) in [5, 5.41) is 21.1. The van der Waals surface area contributed by atoms with Crippen LogP contribution in [-0.4, -0.2) is 63.7 Å². The lowest BCUT2D eigenvalue weighted by molar-refractivity contribution is -0.384. The van der Waals surface area contributed by atoms with Crippen molar-refractivity contribution in [1.29, 1.82) is 0 Å². The quantitative estimate of drug-likeness (QED) is 0.402. The smallest absolute Gasteiger partial charge is 0.269 e. The van der Waals surface area contributed by atoms with Crippen LogP contribution in [0.5, 0.6) is 0 Å². The highest BCUT2D eigenvalue weighted by atomic mass is 16.6. The summed E-state index contributed by atoms with van der Waals surface area (Å²) in [6.07, 6.45) is 1.06. The van der Waals surface area contributed by atoms with Crippen molar-refractivity contribution in [3.63, 3.8) is 0 Å². The van der Waals surface area contributed by atoms with Crippen molar-refractivity contribution >= 4 is 11.5 Å². The Hall–Kier alpha value is -3.36. The number of nitro groups is 1. The summed E-state index contributed by atoms with van der Waals surface area (Å²) in [4.78, 5) is 25.1. The van der Waals surface area contributed by atoms with Gasteiger partial charge in [-0.15, -0.1) is 0 Å². The molecule has 8 nitrogen and oxygen atoms in total. The molecular weight excluding hydrogens is 430 g/mol. The second kappa shape index (κ2) is 10.7. The summed E-state index contributed by atoms with van der Waals surface area (Å²) in [6, 6.07) is 16.7. The van der Waals surface area contributed by atoms with Gasteiger partial charge in [-0.05, 0) is 18.9 Å². The molecule has 1 aliphatic rings. The lowest BCUT2D eigenvalue weighted by atomic mass is 10.0. The van der Waals surface area contributed by atoms with Gasteiger partial charge >= 0.3 is 0 Å². The fraction of sp³-hybridized carbons (Fsp3) is 0.385. The molecule has 3 aromatic rings. The maximum atomic E-state index is 11.0. The van der Waals surface area contributed by atoms with Gasteiger partial charge in [0.15, 0.2) is 5.82 Å². The molecule has 1 atom stereocenters. The molecule has 34 heavy (non-hydrogen) atoms. The van der Waals surface area contributed by atoms with Gasteiger partial charge in [0.05, 0.1) is 11.0 Å². The lowest BCUT2D eigenvalue weighted by Crippen LogP contribution is -2.49. The number of aromatic nitrogens is 2. The average Bonchev–Trinajstić information content (AvgIpc) is 2.86. The number of aryl methyl sites for hydroxylation is 1. The number of hydrogen-bond acceptors (Lipinski definition) is 7. The number of β-amino-alcohol motifs (C(OH)–C–C–N with tert-alkyl or cyclic N) is 1. The van der Waals surface area contributed by atoms with Gasteiger partial charge < -0.3 is 10.0 Å². The number of hydrogen-bond donors (Lipinski definition) is 1. The Balaban J connectivity index is 1.64. The minimum atomic E-state index is -0.382. The molecule has 4 rings (SSSR count). The van der Waals surface area contributed by atoms with Crippen LogP contribution < -0.4 is 4.90 Å². The highest BCUT2D eigenvalue weighted by Crippen LogP contribution is 2.29. The van der Waals surface area contributed by atoms with Crippen LogP contribution in [0.15, 0.2) is 54.6 Å². The van der Waals surface area contributed by atoms with E-state index in [4.69, 9.17) is 9.97 Å². The van der Waals surface area contributed by atoms with E-state index in [-0.39, 0.29) is 16.7 Å². The summed E-state index contributed by atoms with van der Waals surface area (Å²) in [7, 11) is 0. The van der Waals surface area contributed by atoms with Crippen LogP contribution in [0.3, 0.4) is 0 Å². The Morgan fingerprint density at radius 2 is 1.71 bits per heavy atom. The molecule has 2 aromatic carbocycles. The van der Waals surface area contributed by atoms with Crippen molar-refractivity contribution in [3.8, 4) is 11.4 Å². The summed E-state index contributed by atoms with van der Waals surface area (Å²) < 4.78 is 0. The Bertz CT molecular complexity index is 1110. The highest BCUT2D eigenvalue weighted by Gasteiger charge is 2.24. The third-order valence-corrected chi connectivity index (χ3v) is 6.36. The average molecular weight is 462 g/mol. The van der Waals surface area contributed by atoms with Crippen LogP contribution in [0.4, 0.5) is 11.5 Å². The van der Waals surface area contributed by atoms with Crippen molar-refractivity contribution in [2.75, 3.05) is 37.6 Å². The Morgan fingerprint density at radius 1 is 1.03 bits per heavy atom. The monoisotopic (exact) mass is 461 g/mol. The minimum Gasteiger partial charge on any atom is -0.392 e. The molecule has 0 spiro atoms. The van der Waals surface area contributed by atoms with Crippen molar-refractivity contribution in [3.05, 3.63) is 81.5 Å². The van der Waals surface area contributed by atoms with Crippen LogP contribution in [0.1, 0.15) is 30.2 Å². The van der Waals surface area contributed by atoms with E-state index in [1.165, 1.54) is 0 Å². The summed E-state index contributed by atoms with van der Waals surface area (Å²) in [5.74, 6) is 1.62. The predicted molar refractivity (Wildman–Crippen MR) is 133 cm³/mol. The second-order valence-corrected chi connectivity index (χ2v) is 8.75. The number of non-ortho nitro benzene ring substituents is 1. The van der Waals surface area contributed by atoms with E-state index in [1.807, 2.05) is 44.2 Å². The van der Waals surface area contributed by atoms with Gasteiger partial charge in [0, 0.05) is 68.1 Å². The largest absolute Gasteiger partial charge is 0.392 e. The van der Waals surface area contributed by atoms with Crippen LogP contribution in [0.25, 0.3) is 11.4 Å². The lowest BCUT2D eigenvalue weighted by Gasteiger charge is -2.37. The first kappa shape index (κ1) is 23.8. The Labute approximate surface area is 200 Å². The first-order chi connectivity index (χ1) is 16.4. The number of aliphatic hydroxyl groups is 1. The van der Waals surface area contributed by atoms with E-state index in [0.717, 1.165) is 60.8 Å². The van der Waals surface area contributed by atoms with Gasteiger partial charge in [0.1, 0.15) is 5.82 Å². The molecule has 1 saturated heterocycles. The first-order valence-electron chi connectivity index (χ1n) is 11.8. The summed E-state index contributed by atoms with van der Waals surface area (Å²) >= 11 is 0. The number of anilines is 1. The molecule has 1 aliphatic heterocycles. The number of nitrogens with zero attached hydrogens (tertiary/aromatic N) is 5. The van der Waals surface area contributed by atoms with Gasteiger partial charge in [0.2, 0.25) is 0 Å². The van der Waals surface area contributed by atoms with E-state index in [2.05, 4.69) is 9.80 Å². The predicted octanol–water partition coefficient (Wildman–Crippen LogP) is 3.84. The molecule has 8 heteroatoms. The van der Waals surface area contributed by atoms with Crippen molar-refractivity contribution in [2.24, 2.45) is 0 Å². The van der Waals surface area contributed by atoms with E-state index in [9.17, 15) is 15.2 Å².